The molecule has 17 heavy (non-hydrogen) atoms. The predicted molar refractivity (Wildman–Crippen MR) is 68.3 cm³/mol. The Labute approximate surface area is 108 Å². The van der Waals surface area contributed by atoms with Crippen molar-refractivity contribution in [1.82, 2.24) is 9.36 Å². The summed E-state index contributed by atoms with van der Waals surface area (Å²) in [5.41, 5.74) is 1.09. The minimum absolute atomic E-state index is 0.0586. The first-order valence-corrected chi connectivity index (χ1v) is 6.20. The highest BCUT2D eigenvalue weighted by Gasteiger charge is 2.04. The van der Waals surface area contributed by atoms with Crippen LogP contribution in [0, 0.1) is 0 Å². The van der Waals surface area contributed by atoms with Crippen molar-refractivity contribution in [3.8, 4) is 0 Å². The van der Waals surface area contributed by atoms with Crippen LogP contribution < -0.4 is 5.32 Å². The van der Waals surface area contributed by atoms with Gasteiger partial charge in [-0.05, 0) is 24.1 Å². The molecule has 0 aliphatic heterocycles. The van der Waals surface area contributed by atoms with Gasteiger partial charge < -0.3 is 5.32 Å². The highest BCUT2D eigenvalue weighted by atomic mass is 35.5. The van der Waals surface area contributed by atoms with Crippen LogP contribution in [0.1, 0.15) is 12.0 Å². The van der Waals surface area contributed by atoms with Crippen molar-refractivity contribution in [1.29, 1.82) is 0 Å². The lowest BCUT2D eigenvalue weighted by Gasteiger charge is -2.02. The van der Waals surface area contributed by atoms with Crippen LogP contribution in [0.25, 0.3) is 0 Å². The molecule has 0 unspecified atom stereocenters. The van der Waals surface area contributed by atoms with Gasteiger partial charge in [-0.3, -0.25) is 4.79 Å². The Balaban J connectivity index is 1.82. The molecule has 0 aliphatic carbocycles. The van der Waals surface area contributed by atoms with E-state index in [1.165, 1.54) is 6.33 Å². The summed E-state index contributed by atoms with van der Waals surface area (Å²) in [7, 11) is 0. The van der Waals surface area contributed by atoms with Gasteiger partial charge in [0.1, 0.15) is 6.33 Å². The monoisotopic (exact) mass is 267 g/mol. The number of amides is 1. The number of hydrogen-bond acceptors (Lipinski definition) is 4. The Bertz CT molecular complexity index is 484. The number of nitrogens with zero attached hydrogens (tertiary/aromatic N) is 2. The maximum Gasteiger partial charge on any atom is 0.226 e. The SMILES string of the molecule is O=C(CCc1ccc(Cl)cc1)Nc1ncns1. The van der Waals surface area contributed by atoms with Gasteiger partial charge in [-0.15, -0.1) is 0 Å². The van der Waals surface area contributed by atoms with Crippen molar-refractivity contribution in [3.63, 3.8) is 0 Å². The molecule has 1 aromatic heterocycles. The third kappa shape index (κ3) is 3.80. The van der Waals surface area contributed by atoms with E-state index in [2.05, 4.69) is 14.7 Å². The quantitative estimate of drug-likeness (QED) is 0.927. The zero-order valence-electron chi connectivity index (χ0n) is 8.89. The lowest BCUT2D eigenvalue weighted by atomic mass is 10.1. The van der Waals surface area contributed by atoms with Crippen molar-refractivity contribution in [2.24, 2.45) is 0 Å². The smallest absolute Gasteiger partial charge is 0.226 e. The molecule has 0 bridgehead atoms. The minimum Gasteiger partial charge on any atom is -0.301 e. The molecular weight excluding hydrogens is 258 g/mol. The average Bonchev–Trinajstić information content (AvgIpc) is 2.81. The molecule has 1 N–H and O–H groups in total. The lowest BCUT2D eigenvalue weighted by Crippen LogP contribution is -2.11. The van der Waals surface area contributed by atoms with Crippen LogP contribution in [-0.4, -0.2) is 15.3 Å². The molecule has 0 fully saturated rings. The van der Waals surface area contributed by atoms with Crippen LogP contribution in [0.5, 0.6) is 0 Å². The number of halogens is 1. The number of nitrogens with one attached hydrogen (secondary N) is 1. The van der Waals surface area contributed by atoms with Gasteiger partial charge >= 0.3 is 0 Å². The molecule has 0 radical (unpaired) electrons. The van der Waals surface area contributed by atoms with Crippen LogP contribution in [-0.2, 0) is 11.2 Å². The number of aryl methyl sites for hydroxylation is 1. The number of carbonyl (C=O) groups is 1. The number of anilines is 1. The van der Waals surface area contributed by atoms with Crippen LogP contribution in [0.15, 0.2) is 30.6 Å². The molecule has 2 aromatic rings. The number of carbonyl (C=O) groups excluding carboxylic acids is 1. The summed E-state index contributed by atoms with van der Waals surface area (Å²) in [6.45, 7) is 0. The molecule has 2 rings (SSSR count). The molecule has 0 spiro atoms. The zero-order chi connectivity index (χ0) is 12.1. The van der Waals surface area contributed by atoms with Gasteiger partial charge in [0.25, 0.3) is 0 Å². The maximum atomic E-state index is 11.6. The highest BCUT2D eigenvalue weighted by molar-refractivity contribution is 7.09. The molecule has 6 heteroatoms. The molecule has 1 aromatic carbocycles. The van der Waals surface area contributed by atoms with E-state index in [-0.39, 0.29) is 5.91 Å². The Hall–Kier alpha value is -1.46. The average molecular weight is 268 g/mol. The molecule has 0 atom stereocenters. The van der Waals surface area contributed by atoms with Crippen molar-refractivity contribution in [3.05, 3.63) is 41.2 Å². The van der Waals surface area contributed by atoms with E-state index >= 15 is 0 Å². The fraction of sp³-hybridized carbons (Fsp3) is 0.182. The first-order valence-electron chi connectivity index (χ1n) is 5.05. The fourth-order valence-corrected chi connectivity index (χ4v) is 1.89. The molecule has 4 nitrogen and oxygen atoms in total. The van der Waals surface area contributed by atoms with E-state index in [1.54, 1.807) is 0 Å². The van der Waals surface area contributed by atoms with Crippen molar-refractivity contribution < 1.29 is 4.79 Å². The summed E-state index contributed by atoms with van der Waals surface area (Å²) < 4.78 is 3.80. The third-order valence-electron chi connectivity index (χ3n) is 2.16. The lowest BCUT2D eigenvalue weighted by molar-refractivity contribution is -0.116. The van der Waals surface area contributed by atoms with Gasteiger partial charge in [0.2, 0.25) is 11.0 Å². The summed E-state index contributed by atoms with van der Waals surface area (Å²) in [5.74, 6) is -0.0586. The molecule has 0 saturated heterocycles. The molecule has 0 aliphatic rings. The summed E-state index contributed by atoms with van der Waals surface area (Å²) in [4.78, 5) is 15.4. The topological polar surface area (TPSA) is 54.9 Å². The summed E-state index contributed by atoms with van der Waals surface area (Å²) in [5, 5.41) is 3.92. The third-order valence-corrected chi connectivity index (χ3v) is 2.99. The first kappa shape index (κ1) is 12.0. The van der Waals surface area contributed by atoms with Gasteiger partial charge in [-0.25, -0.2) is 4.98 Å². The largest absolute Gasteiger partial charge is 0.301 e. The summed E-state index contributed by atoms with van der Waals surface area (Å²) in [6.07, 6.45) is 2.52. The molecule has 88 valence electrons. The number of rotatable bonds is 4. The molecule has 0 saturated carbocycles. The Morgan fingerprint density at radius 3 is 2.76 bits per heavy atom. The van der Waals surface area contributed by atoms with E-state index in [9.17, 15) is 4.79 Å². The van der Waals surface area contributed by atoms with Crippen molar-refractivity contribution in [2.45, 2.75) is 12.8 Å². The van der Waals surface area contributed by atoms with Gasteiger partial charge in [0.05, 0.1) is 0 Å². The summed E-state index contributed by atoms with van der Waals surface area (Å²) in [6, 6.07) is 7.47. The van der Waals surface area contributed by atoms with E-state index < -0.39 is 0 Å². The Kier molecular flexibility index (Phi) is 4.06. The van der Waals surface area contributed by atoms with Crippen molar-refractivity contribution in [2.75, 3.05) is 5.32 Å². The Morgan fingerprint density at radius 1 is 1.35 bits per heavy atom. The maximum absolute atomic E-state index is 11.6. The van der Waals surface area contributed by atoms with Gasteiger partial charge in [0, 0.05) is 23.0 Å². The Morgan fingerprint density at radius 2 is 2.12 bits per heavy atom. The van der Waals surface area contributed by atoms with Crippen LogP contribution in [0.4, 0.5) is 5.13 Å². The summed E-state index contributed by atoms with van der Waals surface area (Å²) >= 11 is 6.94. The van der Waals surface area contributed by atoms with Gasteiger partial charge in [0.15, 0.2) is 0 Å². The number of hydrogen-bond donors (Lipinski definition) is 1. The van der Waals surface area contributed by atoms with E-state index in [4.69, 9.17) is 11.6 Å². The van der Waals surface area contributed by atoms with Crippen LogP contribution in [0.2, 0.25) is 5.02 Å². The molecular formula is C11H10ClN3OS. The number of aromatic nitrogens is 2. The second-order valence-corrected chi connectivity index (χ2v) is 4.64. The van der Waals surface area contributed by atoms with Gasteiger partial charge in [-0.1, -0.05) is 23.7 Å². The van der Waals surface area contributed by atoms with E-state index in [0.29, 0.717) is 23.0 Å². The van der Waals surface area contributed by atoms with E-state index in [1.807, 2.05) is 24.3 Å². The first-order chi connectivity index (χ1) is 8.24. The van der Waals surface area contributed by atoms with E-state index in [0.717, 1.165) is 17.1 Å². The minimum atomic E-state index is -0.0586. The standard InChI is InChI=1S/C11H10ClN3OS/c12-9-4-1-8(2-5-9)3-6-10(16)15-11-13-7-14-17-11/h1-2,4-5,7H,3,6H2,(H,13,14,15,16). The fourth-order valence-electron chi connectivity index (χ4n) is 1.32. The predicted octanol–water partition coefficient (Wildman–Crippen LogP) is 2.76. The van der Waals surface area contributed by atoms with Crippen LogP contribution in [0.3, 0.4) is 0 Å². The van der Waals surface area contributed by atoms with Gasteiger partial charge in [-0.2, -0.15) is 4.37 Å². The zero-order valence-corrected chi connectivity index (χ0v) is 10.5. The highest BCUT2D eigenvalue weighted by Crippen LogP contribution is 2.12. The van der Waals surface area contributed by atoms with Crippen LogP contribution >= 0.6 is 23.1 Å². The van der Waals surface area contributed by atoms with Crippen molar-refractivity contribution >= 4 is 34.2 Å². The normalized spacial score (nSPS) is 10.2. The second kappa shape index (κ2) is 5.75. The number of benzene rings is 1. The molecule has 1 amide bonds. The molecule has 1 heterocycles. The second-order valence-electron chi connectivity index (χ2n) is 3.42.